The van der Waals surface area contributed by atoms with Crippen LogP contribution in [-0.2, 0) is 17.6 Å². The summed E-state index contributed by atoms with van der Waals surface area (Å²) in [6, 6.07) is 18.6. The Bertz CT molecular complexity index is 1140. The molecule has 1 aliphatic heterocycles. The number of aromatic nitrogens is 1. The molecule has 0 aliphatic carbocycles. The number of ether oxygens (including phenoxy) is 1. The number of nitrogens with zero attached hydrogens (tertiary/aromatic N) is 2. The summed E-state index contributed by atoms with van der Waals surface area (Å²) in [6.45, 7) is 6.26. The third-order valence-electron chi connectivity index (χ3n) is 7.38. The molecule has 1 N–H and O–H groups in total. The number of carbonyl (C=O) groups is 1. The van der Waals surface area contributed by atoms with E-state index in [1.165, 1.54) is 11.1 Å². The second kappa shape index (κ2) is 11.9. The Kier molecular flexibility index (Phi) is 8.40. The first-order chi connectivity index (χ1) is 17.0. The highest BCUT2D eigenvalue weighted by atomic mass is 16.5. The molecule has 5 nitrogen and oxygen atoms in total. The Morgan fingerprint density at radius 1 is 1.14 bits per heavy atom. The SMILES string of the molecule is C=C(Cc1ccccc1)N1CCC(CCCc2ccnc3ccc(OC)cc23)C(CCC(=O)O)C1. The molecular formula is C30H36N2O3. The molecule has 2 atom stereocenters. The van der Waals surface area contributed by atoms with Crippen molar-refractivity contribution in [2.24, 2.45) is 11.8 Å². The summed E-state index contributed by atoms with van der Waals surface area (Å²) in [7, 11) is 1.69. The van der Waals surface area contributed by atoms with Gasteiger partial charge in [-0.1, -0.05) is 36.9 Å². The van der Waals surface area contributed by atoms with Crippen LogP contribution in [0.25, 0.3) is 10.9 Å². The third-order valence-corrected chi connectivity index (χ3v) is 7.38. The van der Waals surface area contributed by atoms with Crippen LogP contribution in [0.2, 0.25) is 0 Å². The van der Waals surface area contributed by atoms with Crippen LogP contribution in [0.5, 0.6) is 5.75 Å². The Morgan fingerprint density at radius 2 is 1.97 bits per heavy atom. The van der Waals surface area contributed by atoms with Gasteiger partial charge in [-0.2, -0.15) is 0 Å². The molecule has 1 aromatic heterocycles. The number of hydrogen-bond donors (Lipinski definition) is 1. The number of aliphatic carboxylic acids is 1. The molecule has 35 heavy (non-hydrogen) atoms. The first-order valence-corrected chi connectivity index (χ1v) is 12.6. The first-order valence-electron chi connectivity index (χ1n) is 12.6. The quantitative estimate of drug-likeness (QED) is 0.364. The van der Waals surface area contributed by atoms with Gasteiger partial charge in [-0.05, 0) is 79.3 Å². The minimum atomic E-state index is -0.707. The van der Waals surface area contributed by atoms with Gasteiger partial charge in [0.1, 0.15) is 5.75 Å². The number of hydrogen-bond acceptors (Lipinski definition) is 4. The van der Waals surface area contributed by atoms with Crippen molar-refractivity contribution in [2.75, 3.05) is 20.2 Å². The van der Waals surface area contributed by atoms with Crippen LogP contribution >= 0.6 is 0 Å². The van der Waals surface area contributed by atoms with Crippen LogP contribution in [0.15, 0.2) is 73.1 Å². The van der Waals surface area contributed by atoms with E-state index < -0.39 is 5.97 Å². The van der Waals surface area contributed by atoms with Gasteiger partial charge < -0.3 is 14.7 Å². The summed E-state index contributed by atoms with van der Waals surface area (Å²) in [4.78, 5) is 18.2. The minimum absolute atomic E-state index is 0.231. The zero-order valence-electron chi connectivity index (χ0n) is 20.7. The number of methoxy groups -OCH3 is 1. The number of carboxylic acid groups (broad SMARTS) is 1. The fourth-order valence-electron chi connectivity index (χ4n) is 5.41. The molecule has 3 aromatic rings. The summed E-state index contributed by atoms with van der Waals surface area (Å²) >= 11 is 0. The van der Waals surface area contributed by atoms with Crippen LogP contribution < -0.4 is 4.74 Å². The predicted octanol–water partition coefficient (Wildman–Crippen LogP) is 6.13. The fourth-order valence-corrected chi connectivity index (χ4v) is 5.41. The molecule has 1 saturated heterocycles. The highest BCUT2D eigenvalue weighted by molar-refractivity contribution is 5.83. The van der Waals surface area contributed by atoms with E-state index in [1.807, 2.05) is 24.4 Å². The number of allylic oxidation sites excluding steroid dienone is 1. The summed E-state index contributed by atoms with van der Waals surface area (Å²) in [5.74, 6) is 1.06. The van der Waals surface area contributed by atoms with Gasteiger partial charge in [-0.15, -0.1) is 0 Å². The van der Waals surface area contributed by atoms with E-state index in [4.69, 9.17) is 4.74 Å². The van der Waals surface area contributed by atoms with E-state index in [1.54, 1.807) is 7.11 Å². The van der Waals surface area contributed by atoms with Crippen molar-refractivity contribution < 1.29 is 14.6 Å². The van der Waals surface area contributed by atoms with Gasteiger partial charge in [-0.3, -0.25) is 9.78 Å². The van der Waals surface area contributed by atoms with E-state index in [0.717, 1.165) is 74.0 Å². The van der Waals surface area contributed by atoms with E-state index in [0.29, 0.717) is 11.8 Å². The van der Waals surface area contributed by atoms with Crippen molar-refractivity contribution in [3.05, 3.63) is 84.2 Å². The lowest BCUT2D eigenvalue weighted by Crippen LogP contribution is -2.40. The number of benzene rings is 2. The van der Waals surface area contributed by atoms with E-state index >= 15 is 0 Å². The fraction of sp³-hybridized carbons (Fsp3) is 0.400. The van der Waals surface area contributed by atoms with Crippen molar-refractivity contribution >= 4 is 16.9 Å². The second-order valence-electron chi connectivity index (χ2n) is 9.66. The molecule has 2 heterocycles. The molecule has 0 bridgehead atoms. The normalized spacial score (nSPS) is 17.9. The molecule has 5 heteroatoms. The molecule has 1 aliphatic rings. The molecule has 2 aromatic carbocycles. The van der Waals surface area contributed by atoms with Crippen LogP contribution in [0, 0.1) is 11.8 Å². The van der Waals surface area contributed by atoms with Crippen molar-refractivity contribution in [3.8, 4) is 5.75 Å². The van der Waals surface area contributed by atoms with Gasteiger partial charge in [0.2, 0.25) is 0 Å². The van der Waals surface area contributed by atoms with E-state index in [9.17, 15) is 9.90 Å². The number of likely N-dealkylation sites (tertiary alicyclic amines) is 1. The molecule has 184 valence electrons. The Balaban J connectivity index is 1.38. The van der Waals surface area contributed by atoms with Crippen LogP contribution in [0.4, 0.5) is 0 Å². The maximum absolute atomic E-state index is 11.3. The average molecular weight is 473 g/mol. The molecule has 0 spiro atoms. The largest absolute Gasteiger partial charge is 0.497 e. The molecule has 2 unspecified atom stereocenters. The lowest BCUT2D eigenvalue weighted by atomic mass is 9.79. The summed E-state index contributed by atoms with van der Waals surface area (Å²) < 4.78 is 5.42. The standard InChI is InChI=1S/C30H36N2O3/c1-22(19-23-7-4-3-5-8-23)32-18-16-24(26(21-32)11-14-30(33)34)9-6-10-25-15-17-31-29-13-12-27(35-2)20-28(25)29/h3-5,7-8,12-13,15,17,20,24,26H,1,6,9-11,14,16,18-19,21H2,2H3,(H,33,34). The number of fused-ring (bicyclic) bond motifs is 1. The van der Waals surface area contributed by atoms with Gasteiger partial charge >= 0.3 is 5.97 Å². The molecule has 4 rings (SSSR count). The maximum Gasteiger partial charge on any atom is 0.303 e. The lowest BCUT2D eigenvalue weighted by Gasteiger charge is -2.41. The molecule has 0 saturated carbocycles. The third kappa shape index (κ3) is 6.62. The summed E-state index contributed by atoms with van der Waals surface area (Å²) in [6.07, 6.45) is 7.94. The highest BCUT2D eigenvalue weighted by Gasteiger charge is 2.29. The lowest BCUT2D eigenvalue weighted by molar-refractivity contribution is -0.137. The van der Waals surface area contributed by atoms with Gasteiger partial charge in [0, 0.05) is 43.2 Å². The second-order valence-corrected chi connectivity index (χ2v) is 9.66. The zero-order valence-corrected chi connectivity index (χ0v) is 20.7. The molecular weight excluding hydrogens is 436 g/mol. The van der Waals surface area contributed by atoms with Gasteiger partial charge in [-0.25, -0.2) is 0 Å². The number of piperidine rings is 1. The first kappa shape index (κ1) is 24.8. The molecule has 0 radical (unpaired) electrons. The van der Waals surface area contributed by atoms with Crippen LogP contribution in [0.1, 0.15) is 43.2 Å². The monoisotopic (exact) mass is 472 g/mol. The Labute approximate surface area is 208 Å². The highest BCUT2D eigenvalue weighted by Crippen LogP contribution is 2.34. The van der Waals surface area contributed by atoms with Crippen molar-refractivity contribution in [3.63, 3.8) is 0 Å². The van der Waals surface area contributed by atoms with Crippen molar-refractivity contribution in [2.45, 2.75) is 44.9 Å². The zero-order chi connectivity index (χ0) is 24.6. The van der Waals surface area contributed by atoms with Crippen molar-refractivity contribution in [1.82, 2.24) is 9.88 Å². The molecule has 0 amide bonds. The van der Waals surface area contributed by atoms with Gasteiger partial charge in [0.05, 0.1) is 12.6 Å². The minimum Gasteiger partial charge on any atom is -0.497 e. The molecule has 1 fully saturated rings. The summed E-state index contributed by atoms with van der Waals surface area (Å²) in [5, 5.41) is 10.5. The number of pyridine rings is 1. The Hall–Kier alpha value is -3.34. The number of rotatable bonds is 11. The van der Waals surface area contributed by atoms with Gasteiger partial charge in [0.25, 0.3) is 0 Å². The van der Waals surface area contributed by atoms with Crippen molar-refractivity contribution in [1.29, 1.82) is 0 Å². The summed E-state index contributed by atoms with van der Waals surface area (Å²) in [5.41, 5.74) is 4.69. The average Bonchev–Trinajstić information content (AvgIpc) is 2.88. The maximum atomic E-state index is 11.3. The number of carboxylic acids is 1. The Morgan fingerprint density at radius 3 is 2.74 bits per heavy atom. The van der Waals surface area contributed by atoms with Gasteiger partial charge in [0.15, 0.2) is 0 Å². The van der Waals surface area contributed by atoms with E-state index in [-0.39, 0.29) is 6.42 Å². The smallest absolute Gasteiger partial charge is 0.303 e. The number of aryl methyl sites for hydroxylation is 1. The van der Waals surface area contributed by atoms with E-state index in [2.05, 4.69) is 52.9 Å². The predicted molar refractivity (Wildman–Crippen MR) is 141 cm³/mol. The van der Waals surface area contributed by atoms with Crippen LogP contribution in [0.3, 0.4) is 0 Å². The topological polar surface area (TPSA) is 62.7 Å². The van der Waals surface area contributed by atoms with Crippen LogP contribution in [-0.4, -0.2) is 41.2 Å².